The van der Waals surface area contributed by atoms with Crippen molar-refractivity contribution in [2.24, 2.45) is 92.7 Å². The molecular formula is C102H138O30. The SMILES string of the molecule is COc1ccc(C(=O)O[C@H]2[C@H](O[C@@H]3[C@@H](OC(C)=O)[C@H](O[C@H]4C[C@H]5[C@@H]6CC=C7C[C@@H](OC(=O)c8ccc(C(=O)O[C@H]9CC[C@@]%10(C)C(=CC[C@H]%11[C@@H]%12C[C@H](O[C@@H]%13OC[C@H](O)[C@H](O[C@@H]%14OC[C@@H](O)[C@H](O)[C@H]%14OC(=O)c%14ccc(OC)cc%14)[C@H]%13OC(C)=O)[C@H]([C@H](C)C(=O)CCC(C)C)[C@@]%12(C)CC[C@@H]%11%10)C9)cc8)CC[C@]7(C)[C@H]6CC[C@]5(C)[C@H]4[C@H](C)C(=O)CCC(C)C)OC[C@@H]3O)OC[C@@H](O)[C@@H]2O)cc1. The van der Waals surface area contributed by atoms with E-state index in [1.165, 1.54) is 63.5 Å². The second-order valence-electron chi connectivity index (χ2n) is 41.6. The van der Waals surface area contributed by atoms with Gasteiger partial charge >= 0.3 is 35.8 Å². The van der Waals surface area contributed by atoms with Crippen LogP contribution in [0.5, 0.6) is 11.5 Å². The molecule has 30 nitrogen and oxygen atoms in total. The number of Topliss-reactive ketones (excluding diaryl/α,β-unsaturated/α-hetero) is 2. The number of hydrogen-bond acceptors (Lipinski definition) is 30. The van der Waals surface area contributed by atoms with Crippen molar-refractivity contribution in [1.82, 2.24) is 0 Å². The molecule has 12 aliphatic rings. The van der Waals surface area contributed by atoms with Crippen LogP contribution in [0, 0.1) is 92.7 Å². The van der Waals surface area contributed by atoms with Crippen molar-refractivity contribution >= 4 is 47.4 Å². The zero-order valence-electron chi connectivity index (χ0n) is 78.6. The van der Waals surface area contributed by atoms with Gasteiger partial charge in [0.05, 0.1) is 75.1 Å². The zero-order chi connectivity index (χ0) is 94.5. The summed E-state index contributed by atoms with van der Waals surface area (Å²) in [6.07, 6.45) is -9.15. The Bertz CT molecular complexity index is 4360. The molecule has 15 rings (SSSR count). The summed E-state index contributed by atoms with van der Waals surface area (Å²) < 4.78 is 98.3. The maximum atomic E-state index is 14.6. The quantitative estimate of drug-likeness (QED) is 0.0205. The number of carbonyl (C=O) groups is 8. The standard InChI is InChI=1S/C102H138O30/c1-51(2)15-33-73(105)53(5)81-79(127-97-89(123-55(7)103)85(77(109)49-121-97)131-95-87(83(111)75(107)47-119-95)129-93(115)59-21-27-63(117-13)28-22-59)45-71-67-31-25-61-43-65(35-39-99(61,9)69(67)37-41-101(71,81)11)125-91(113)57-17-19-58(20-18-57)92(114)126-66-36-40-100(10)62(44-66)26-32-68-70(100)38-42-102(12)72(68)46-80(82(102)54(6)74(106)34-16-52(3)4)128-98-90(124-56(8)104)86(78(110)50-122-98)132-96-88(84(112)76(108)48-120-96)130-94(116)60-23-29-64(118-14)30-24-60/h17-30,51-54,65-72,75-90,95-98,107-112H,15-16,31-50H2,1-14H3/t53-,54-,65+,66+,67-,68-,69+,70+,71+,72+,75-,76-,77+,78+,79+,80+,81+,82+,83+,84+,85+,86+,87-,88-,89-,90-,95+,96+,97+,98+,99+,100+,101+,102+/m1/s1. The minimum absolute atomic E-state index is 0.0726. The number of methoxy groups -OCH3 is 2. The average molecular weight is 1840 g/mol. The van der Waals surface area contributed by atoms with Crippen LogP contribution in [0.25, 0.3) is 0 Å². The van der Waals surface area contributed by atoms with Gasteiger partial charge in [0.1, 0.15) is 84.1 Å². The number of benzene rings is 3. The number of rotatable bonds is 30. The molecule has 6 N–H and O–H groups in total. The van der Waals surface area contributed by atoms with E-state index in [4.69, 9.17) is 75.8 Å². The van der Waals surface area contributed by atoms with Crippen LogP contribution in [0.2, 0.25) is 0 Å². The van der Waals surface area contributed by atoms with Gasteiger partial charge in [-0.3, -0.25) is 19.2 Å². The second kappa shape index (κ2) is 40.9. The number of ether oxygens (including phenoxy) is 16. The highest BCUT2D eigenvalue weighted by atomic mass is 16.8. The molecule has 0 aromatic heterocycles. The lowest BCUT2D eigenvalue weighted by Gasteiger charge is -2.58. The minimum atomic E-state index is -1.68. The summed E-state index contributed by atoms with van der Waals surface area (Å²) >= 11 is 0. The lowest BCUT2D eigenvalue weighted by atomic mass is 9.47. The van der Waals surface area contributed by atoms with Crippen LogP contribution >= 0.6 is 0 Å². The van der Waals surface area contributed by atoms with Crippen LogP contribution in [-0.4, -0.2) is 241 Å². The number of hydrogen-bond donors (Lipinski definition) is 6. The molecule has 0 amide bonds. The van der Waals surface area contributed by atoms with E-state index < -0.39 is 195 Å². The van der Waals surface area contributed by atoms with E-state index in [1.54, 1.807) is 48.5 Å². The van der Waals surface area contributed by atoms with E-state index in [1.807, 2.05) is 13.8 Å². The summed E-state index contributed by atoms with van der Waals surface area (Å²) in [5.74, 6) is -2.85. The van der Waals surface area contributed by atoms with Gasteiger partial charge in [-0.2, -0.15) is 0 Å². The molecule has 4 saturated heterocycles. The van der Waals surface area contributed by atoms with Crippen LogP contribution in [0.15, 0.2) is 96.1 Å². The predicted molar refractivity (Wildman–Crippen MR) is 472 cm³/mol. The van der Waals surface area contributed by atoms with Gasteiger partial charge in [-0.15, -0.1) is 0 Å². The van der Waals surface area contributed by atoms with Crippen molar-refractivity contribution in [2.45, 2.75) is 321 Å². The first-order chi connectivity index (χ1) is 62.8. The predicted octanol–water partition coefficient (Wildman–Crippen LogP) is 11.9. The largest absolute Gasteiger partial charge is 0.497 e. The lowest BCUT2D eigenvalue weighted by Crippen LogP contribution is -2.62. The van der Waals surface area contributed by atoms with Gasteiger partial charge in [0.15, 0.2) is 49.6 Å². The highest BCUT2D eigenvalue weighted by Crippen LogP contribution is 2.70. The summed E-state index contributed by atoms with van der Waals surface area (Å²) in [4.78, 5) is 111. The monoisotopic (exact) mass is 1840 g/mol. The molecule has 3 aromatic carbocycles. The van der Waals surface area contributed by atoms with Crippen molar-refractivity contribution in [3.8, 4) is 11.5 Å². The van der Waals surface area contributed by atoms with Gasteiger partial charge in [-0.1, -0.05) is 92.5 Å². The molecule has 726 valence electrons. The van der Waals surface area contributed by atoms with Gasteiger partial charge in [0.25, 0.3) is 0 Å². The molecule has 0 bridgehead atoms. The first kappa shape index (κ1) is 98.8. The minimum Gasteiger partial charge on any atom is -0.497 e. The van der Waals surface area contributed by atoms with Crippen molar-refractivity contribution in [2.75, 3.05) is 40.6 Å². The van der Waals surface area contributed by atoms with Crippen molar-refractivity contribution in [3.05, 3.63) is 118 Å². The Morgan fingerprint density at radius 2 is 0.720 bits per heavy atom. The maximum Gasteiger partial charge on any atom is 0.338 e. The van der Waals surface area contributed by atoms with Gasteiger partial charge in [-0.05, 0) is 232 Å². The molecule has 4 aliphatic heterocycles. The normalized spacial score (nSPS) is 39.2. The van der Waals surface area contributed by atoms with E-state index in [2.05, 4.69) is 67.5 Å². The summed E-state index contributed by atoms with van der Waals surface area (Å²) in [5.41, 5.74) is 2.10. The summed E-state index contributed by atoms with van der Waals surface area (Å²) in [5, 5.41) is 67.6. The third kappa shape index (κ3) is 20.2. The average Bonchev–Trinajstić information content (AvgIpc) is 1.52. The van der Waals surface area contributed by atoms with E-state index in [-0.39, 0.29) is 94.1 Å². The molecule has 0 radical (unpaired) electrons. The van der Waals surface area contributed by atoms with Crippen molar-refractivity contribution < 1.29 is 145 Å². The molecule has 3 aromatic rings. The Hall–Kier alpha value is -7.66. The number of esters is 6. The topological polar surface area (TPSA) is 406 Å². The molecule has 6 saturated carbocycles. The molecule has 34 atom stereocenters. The molecule has 0 unspecified atom stereocenters. The fraction of sp³-hybridized carbons (Fsp3) is 0.706. The number of aliphatic hydroxyl groups excluding tert-OH is 6. The van der Waals surface area contributed by atoms with Crippen LogP contribution in [0.1, 0.15) is 240 Å². The molecule has 132 heavy (non-hydrogen) atoms. The number of aliphatic hydroxyl groups is 6. The Labute approximate surface area is 773 Å². The molecule has 30 heteroatoms. The Balaban J connectivity index is 0.581. The van der Waals surface area contributed by atoms with Gasteiger partial charge < -0.3 is 106 Å². The molecule has 0 spiro atoms. The second-order valence-corrected chi connectivity index (χ2v) is 41.6. The summed E-state index contributed by atoms with van der Waals surface area (Å²) in [6, 6.07) is 18.6. The van der Waals surface area contributed by atoms with E-state index in [0.29, 0.717) is 98.7 Å². The Kier molecular flexibility index (Phi) is 30.7. The molecular weight excluding hydrogens is 1710 g/mol. The Morgan fingerprint density at radius 3 is 1.05 bits per heavy atom. The fourth-order valence-electron chi connectivity index (χ4n) is 25.7. The Morgan fingerprint density at radius 1 is 0.394 bits per heavy atom. The van der Waals surface area contributed by atoms with Gasteiger partial charge in [0, 0.05) is 63.2 Å². The maximum absolute atomic E-state index is 14.6. The summed E-state index contributed by atoms with van der Waals surface area (Å²) in [7, 11) is 2.96. The lowest BCUT2D eigenvalue weighted by molar-refractivity contribution is -0.340. The van der Waals surface area contributed by atoms with Crippen LogP contribution in [0.3, 0.4) is 0 Å². The van der Waals surface area contributed by atoms with Gasteiger partial charge in [0.2, 0.25) is 0 Å². The summed E-state index contributed by atoms with van der Waals surface area (Å²) in [6.45, 7) is 22.6. The number of ketones is 2. The first-order valence-corrected chi connectivity index (χ1v) is 48.0. The third-order valence-electron chi connectivity index (χ3n) is 32.8. The molecule has 10 fully saturated rings. The van der Waals surface area contributed by atoms with Crippen molar-refractivity contribution in [1.29, 1.82) is 0 Å². The highest BCUT2D eigenvalue weighted by molar-refractivity contribution is 5.94. The van der Waals surface area contributed by atoms with Crippen LogP contribution in [0.4, 0.5) is 0 Å². The van der Waals surface area contributed by atoms with Crippen LogP contribution < -0.4 is 9.47 Å². The molecule has 8 aliphatic carbocycles. The third-order valence-corrected chi connectivity index (χ3v) is 32.8. The number of fused-ring (bicyclic) bond motifs is 10. The highest BCUT2D eigenvalue weighted by Gasteiger charge is 2.67. The number of carbonyl (C=O) groups excluding carboxylic acids is 8. The number of allylic oxidation sites excluding steroid dienone is 2. The van der Waals surface area contributed by atoms with Crippen molar-refractivity contribution in [3.63, 3.8) is 0 Å². The van der Waals surface area contributed by atoms with E-state index in [0.717, 1.165) is 51.4 Å². The smallest absolute Gasteiger partial charge is 0.338 e. The van der Waals surface area contributed by atoms with E-state index >= 15 is 0 Å². The van der Waals surface area contributed by atoms with Gasteiger partial charge in [-0.25, -0.2) is 19.2 Å². The zero-order valence-corrected chi connectivity index (χ0v) is 78.6. The first-order valence-electron chi connectivity index (χ1n) is 48.0. The fourth-order valence-corrected chi connectivity index (χ4v) is 25.7. The van der Waals surface area contributed by atoms with Crippen LogP contribution in [-0.2, 0) is 85.5 Å². The molecule has 4 heterocycles. The van der Waals surface area contributed by atoms with E-state index in [9.17, 15) is 69.0 Å².